The van der Waals surface area contributed by atoms with Crippen molar-refractivity contribution in [2.45, 2.75) is 36.1 Å². The van der Waals surface area contributed by atoms with E-state index in [4.69, 9.17) is 11.6 Å². The lowest BCUT2D eigenvalue weighted by Crippen LogP contribution is -2.58. The summed E-state index contributed by atoms with van der Waals surface area (Å²) < 4.78 is 30.2. The molecule has 2 unspecified atom stereocenters. The molecule has 0 radical (unpaired) electrons. The zero-order valence-electron chi connectivity index (χ0n) is 22.1. The number of halogens is 3. The predicted molar refractivity (Wildman–Crippen MR) is 157 cm³/mol. The van der Waals surface area contributed by atoms with Crippen molar-refractivity contribution in [3.8, 4) is 0 Å². The Morgan fingerprint density at radius 2 is 1.66 bits per heavy atom. The van der Waals surface area contributed by atoms with E-state index in [1.54, 1.807) is 47.1 Å². The maximum Gasteiger partial charge on any atom is 0.349 e. The molecule has 2 heterocycles. The summed E-state index contributed by atoms with van der Waals surface area (Å²) in [6, 6.07) is 4.03. The molecule has 4 rings (SSSR count). The Morgan fingerprint density at radius 1 is 1.05 bits per heavy atom. The highest BCUT2D eigenvalue weighted by Gasteiger charge is 2.47. The fraction of sp³-hybridized carbons (Fsp3) is 0.273. The zero-order chi connectivity index (χ0) is 28.3. The number of hydrogen-bond acceptors (Lipinski definition) is 4. The van der Waals surface area contributed by atoms with Crippen LogP contribution in [0.3, 0.4) is 0 Å². The molecule has 0 aromatic heterocycles. The second-order valence-electron chi connectivity index (χ2n) is 10.6. The molecule has 0 saturated carbocycles. The molecule has 4 amide bonds. The Bertz CT molecular complexity index is 1390. The Labute approximate surface area is 229 Å². The lowest BCUT2D eigenvalue weighted by Gasteiger charge is -2.35. The van der Waals surface area contributed by atoms with Gasteiger partial charge in [-0.25, -0.2) is 0 Å². The third kappa shape index (κ3) is 4.48. The Morgan fingerprint density at radius 3 is 2.24 bits per heavy atom. The highest BCUT2D eigenvalue weighted by atomic mass is 35.5. The number of amides is 4. The minimum absolute atomic E-state index is 0.131. The highest BCUT2D eigenvalue weighted by molar-refractivity contribution is 6.57. The topological polar surface area (TPSA) is 95.6 Å². The van der Waals surface area contributed by atoms with Crippen LogP contribution in [0.4, 0.5) is 8.78 Å². The van der Waals surface area contributed by atoms with Crippen LogP contribution in [-0.4, -0.2) is 81.6 Å². The fourth-order valence-corrected chi connectivity index (χ4v) is 6.06. The molecule has 190 valence electrons. The first kappa shape index (κ1) is 28.1. The van der Waals surface area contributed by atoms with E-state index in [9.17, 15) is 19.2 Å². The van der Waals surface area contributed by atoms with Gasteiger partial charge < -0.3 is 10.2 Å². The number of piperidine rings is 1. The summed E-state index contributed by atoms with van der Waals surface area (Å²) in [5.41, 5.74) is 3.32. The van der Waals surface area contributed by atoms with Crippen molar-refractivity contribution >= 4 is 98.7 Å². The van der Waals surface area contributed by atoms with Crippen LogP contribution >= 0.6 is 11.6 Å². The Kier molecular flexibility index (Phi) is 7.14. The van der Waals surface area contributed by atoms with Crippen LogP contribution in [0.5, 0.6) is 0 Å². The van der Waals surface area contributed by atoms with Gasteiger partial charge in [0.1, 0.15) is 53.1 Å². The van der Waals surface area contributed by atoms with E-state index in [2.05, 4.69) is 10.6 Å². The molecule has 2 aliphatic heterocycles. The first-order valence-corrected chi connectivity index (χ1v) is 12.7. The van der Waals surface area contributed by atoms with Gasteiger partial charge in [-0.2, -0.15) is 8.78 Å². The minimum Gasteiger partial charge on any atom is -0.357 e. The van der Waals surface area contributed by atoms with Crippen LogP contribution in [0.25, 0.3) is 0 Å². The van der Waals surface area contributed by atoms with Crippen molar-refractivity contribution in [3.05, 3.63) is 51.5 Å². The molecule has 2 aromatic rings. The molecular formula is C22H24B6ClF2N3O4. The first-order valence-electron chi connectivity index (χ1n) is 12.4. The van der Waals surface area contributed by atoms with Crippen molar-refractivity contribution in [2.24, 2.45) is 0 Å². The van der Waals surface area contributed by atoms with Gasteiger partial charge in [-0.05, 0) is 24.1 Å². The normalized spacial score (nSPS) is 19.8. The lowest BCUT2D eigenvalue weighted by atomic mass is 9.51. The number of benzene rings is 2. The average Bonchev–Trinajstić information content (AvgIpc) is 3.08. The lowest BCUT2D eigenvalue weighted by molar-refractivity contribution is -0.147. The summed E-state index contributed by atoms with van der Waals surface area (Å²) in [5.74, 6) is -6.97. The molecule has 1 saturated heterocycles. The summed E-state index contributed by atoms with van der Waals surface area (Å²) in [5, 5.41) is 3.87. The van der Waals surface area contributed by atoms with E-state index in [-0.39, 0.29) is 29.7 Å². The smallest absolute Gasteiger partial charge is 0.349 e. The third-order valence-corrected chi connectivity index (χ3v) is 7.99. The Hall–Kier alpha value is -2.94. The van der Waals surface area contributed by atoms with Crippen LogP contribution < -0.4 is 27.0 Å². The fourth-order valence-electron chi connectivity index (χ4n) is 5.93. The molecule has 0 bridgehead atoms. The summed E-state index contributed by atoms with van der Waals surface area (Å²) in [6.45, 7) is 0. The number of nitrogens with zero attached hydrogens (tertiary/aromatic N) is 1. The molecule has 2 aliphatic rings. The first-order chi connectivity index (χ1) is 17.6. The molecule has 2 N–H and O–H groups in total. The van der Waals surface area contributed by atoms with Gasteiger partial charge in [0.15, 0.2) is 0 Å². The molecule has 7 nitrogen and oxygen atoms in total. The quantitative estimate of drug-likeness (QED) is 0.297. The van der Waals surface area contributed by atoms with E-state index < -0.39 is 40.6 Å². The number of rotatable bonds is 5. The van der Waals surface area contributed by atoms with E-state index in [1.807, 2.05) is 0 Å². The van der Waals surface area contributed by atoms with Crippen molar-refractivity contribution in [2.75, 3.05) is 0 Å². The van der Waals surface area contributed by atoms with E-state index >= 15 is 8.78 Å². The number of fused-ring (bicyclic) bond motifs is 1. The molecule has 1 fully saturated rings. The van der Waals surface area contributed by atoms with Gasteiger partial charge in [0, 0.05) is 33.8 Å². The zero-order valence-corrected chi connectivity index (χ0v) is 22.8. The predicted octanol–water partition coefficient (Wildman–Crippen LogP) is -5.71. The van der Waals surface area contributed by atoms with Crippen molar-refractivity contribution in [3.63, 3.8) is 0 Å². The second kappa shape index (κ2) is 9.67. The van der Waals surface area contributed by atoms with Gasteiger partial charge in [-0.1, -0.05) is 45.7 Å². The van der Waals surface area contributed by atoms with E-state index in [1.165, 1.54) is 17.0 Å². The van der Waals surface area contributed by atoms with Gasteiger partial charge in [0.2, 0.25) is 11.8 Å². The summed E-state index contributed by atoms with van der Waals surface area (Å²) in [6.07, 6.45) is 0.354. The molecule has 2 atom stereocenters. The maximum atomic E-state index is 15.1. The van der Waals surface area contributed by atoms with Crippen LogP contribution in [0.1, 0.15) is 45.8 Å². The van der Waals surface area contributed by atoms with Gasteiger partial charge >= 0.3 is 5.92 Å². The van der Waals surface area contributed by atoms with Gasteiger partial charge in [0.25, 0.3) is 11.8 Å². The molecule has 0 aliphatic carbocycles. The summed E-state index contributed by atoms with van der Waals surface area (Å²) in [7, 11) is 10.4. The summed E-state index contributed by atoms with van der Waals surface area (Å²) >= 11 is 5.81. The van der Waals surface area contributed by atoms with Crippen LogP contribution in [0.2, 0.25) is 5.02 Å². The van der Waals surface area contributed by atoms with Gasteiger partial charge in [-0.15, -0.1) is 0 Å². The van der Waals surface area contributed by atoms with Crippen LogP contribution in [0, 0.1) is 0 Å². The van der Waals surface area contributed by atoms with Crippen molar-refractivity contribution in [1.82, 2.24) is 15.5 Å². The van der Waals surface area contributed by atoms with Crippen molar-refractivity contribution in [1.29, 1.82) is 0 Å². The number of hydrogen-bond donors (Lipinski definition) is 2. The van der Waals surface area contributed by atoms with E-state index in [0.29, 0.717) is 33.1 Å². The number of imide groups is 1. The molecule has 2 aromatic carbocycles. The largest absolute Gasteiger partial charge is 0.357 e. The number of carbonyl (C=O) groups excluding carboxylic acids is 4. The van der Waals surface area contributed by atoms with Gasteiger partial charge in [0.05, 0.1) is 0 Å². The van der Waals surface area contributed by atoms with E-state index in [0.717, 1.165) is 12.1 Å². The Balaban J connectivity index is 1.73. The minimum atomic E-state index is -3.80. The third-order valence-electron chi connectivity index (χ3n) is 7.73. The summed E-state index contributed by atoms with van der Waals surface area (Å²) in [4.78, 5) is 52.2. The maximum absolute atomic E-state index is 15.1. The van der Waals surface area contributed by atoms with Crippen molar-refractivity contribution < 1.29 is 28.0 Å². The standard InChI is InChI=1S/C22H24B6ClF2N3O4/c23-14-11-12(19(37)34(17(11)26)9-5-6-10(35)32-18(9)36)15(24)16(25)13(14)22(27,28)33-20(38)21(30,31)7-1-3-8(29)4-2-7/h1-4,9,17H,5-6,23-28H2,(H,33,38)(H,32,35,36). The number of alkyl halides is 2. The monoisotopic (exact) mass is 533 g/mol. The molecular weight excluding hydrogens is 509 g/mol. The van der Waals surface area contributed by atoms with Gasteiger partial charge in [-0.3, -0.25) is 24.5 Å². The number of carbonyl (C=O) groups is 4. The molecule has 16 heteroatoms. The molecule has 0 spiro atoms. The average molecular weight is 533 g/mol. The molecule has 38 heavy (non-hydrogen) atoms. The van der Waals surface area contributed by atoms with Crippen LogP contribution in [-0.2, 0) is 25.6 Å². The highest BCUT2D eigenvalue weighted by Crippen LogP contribution is 2.34. The second-order valence-corrected chi connectivity index (χ2v) is 11.0. The SMILES string of the molecule is Bc1c(B)c(C(B)(B)NC(=O)C(F)(F)c2ccc(Cl)cc2)c(B)c2c1C(=O)N(C1CCC(=O)NC1=O)C2B. The van der Waals surface area contributed by atoms with Crippen LogP contribution in [0.15, 0.2) is 24.3 Å². The number of nitrogens with one attached hydrogen (secondary N) is 2.